The monoisotopic (exact) mass is 515 g/mol. The number of aryl methyl sites for hydroxylation is 1. The third kappa shape index (κ3) is 4.99. The zero-order valence-electron chi connectivity index (χ0n) is 18.2. The van der Waals surface area contributed by atoms with Gasteiger partial charge < -0.3 is 10.1 Å². The predicted octanol–water partition coefficient (Wildman–Crippen LogP) is 5.63. The van der Waals surface area contributed by atoms with Gasteiger partial charge in [0.25, 0.3) is 5.56 Å². The summed E-state index contributed by atoms with van der Waals surface area (Å²) in [5.74, 6) is -0.976. The molecule has 0 aliphatic heterocycles. The van der Waals surface area contributed by atoms with Crippen LogP contribution in [0, 0.1) is 6.92 Å². The van der Waals surface area contributed by atoms with Gasteiger partial charge >= 0.3 is 5.97 Å². The van der Waals surface area contributed by atoms with Gasteiger partial charge in [-0.05, 0) is 43.2 Å². The molecule has 0 spiro atoms. The minimum Gasteiger partial charge on any atom is -0.457 e. The molecule has 0 saturated carbocycles. The fourth-order valence-corrected chi connectivity index (χ4v) is 4.95. The third-order valence-corrected chi connectivity index (χ3v) is 6.82. The molecule has 0 saturated heterocycles. The van der Waals surface area contributed by atoms with Gasteiger partial charge in [0.2, 0.25) is 5.91 Å². The fraction of sp³-hybridized carbons (Fsp3) is 0.167. The summed E-state index contributed by atoms with van der Waals surface area (Å²) in [7, 11) is 0. The number of nitrogens with one attached hydrogen (secondary N) is 1. The lowest BCUT2D eigenvalue weighted by Gasteiger charge is -2.15. The lowest BCUT2D eigenvalue weighted by Crippen LogP contribution is -2.31. The third-order valence-electron chi connectivity index (χ3n) is 5.20. The minimum atomic E-state index is -0.880. The predicted molar refractivity (Wildman–Crippen MR) is 134 cm³/mol. The Balaban J connectivity index is 1.58. The van der Waals surface area contributed by atoms with Gasteiger partial charge in [-0.15, -0.1) is 11.3 Å². The number of hydrogen-bond donors (Lipinski definition) is 1. The average molecular weight is 516 g/mol. The van der Waals surface area contributed by atoms with Crippen LogP contribution in [0.4, 0.5) is 5.69 Å². The molecule has 0 fully saturated rings. The van der Waals surface area contributed by atoms with Crippen LogP contribution < -0.4 is 10.9 Å². The number of thiophene rings is 1. The van der Waals surface area contributed by atoms with E-state index in [9.17, 15) is 14.4 Å². The number of carbonyl (C=O) groups excluding carboxylic acids is 2. The summed E-state index contributed by atoms with van der Waals surface area (Å²) >= 11 is 13.1. The highest BCUT2D eigenvalue weighted by Gasteiger charge is 2.24. The van der Waals surface area contributed by atoms with Crippen molar-refractivity contribution < 1.29 is 14.3 Å². The SMILES string of the molecule is Cc1c(C(=O)OCc2ccccc2)sc2ncn(C(C)C(=O)Nc3cc(Cl)cc(Cl)c3)c(=O)c12. The molecule has 1 atom stereocenters. The second-order valence-electron chi connectivity index (χ2n) is 7.58. The number of amides is 1. The average Bonchev–Trinajstić information content (AvgIpc) is 3.14. The highest BCUT2D eigenvalue weighted by molar-refractivity contribution is 7.20. The molecule has 1 unspecified atom stereocenters. The fourth-order valence-electron chi connectivity index (χ4n) is 3.40. The number of anilines is 1. The largest absolute Gasteiger partial charge is 0.457 e. The summed E-state index contributed by atoms with van der Waals surface area (Å²) in [6, 6.07) is 13.1. The van der Waals surface area contributed by atoms with Crippen LogP contribution in [0.2, 0.25) is 10.0 Å². The van der Waals surface area contributed by atoms with Crippen LogP contribution in [0.3, 0.4) is 0 Å². The molecule has 2 heterocycles. The summed E-state index contributed by atoms with van der Waals surface area (Å²) in [5, 5.41) is 3.73. The maximum Gasteiger partial charge on any atom is 0.349 e. The number of rotatable bonds is 6. The molecule has 0 radical (unpaired) electrons. The molecule has 4 aromatic rings. The van der Waals surface area contributed by atoms with E-state index in [0.29, 0.717) is 31.0 Å². The highest BCUT2D eigenvalue weighted by Crippen LogP contribution is 2.28. The molecule has 4 rings (SSSR count). The summed E-state index contributed by atoms with van der Waals surface area (Å²) in [5.41, 5.74) is 1.31. The van der Waals surface area contributed by atoms with Gasteiger partial charge in [-0.3, -0.25) is 14.2 Å². The Labute approximate surface area is 208 Å². The van der Waals surface area contributed by atoms with Crippen molar-refractivity contribution in [2.75, 3.05) is 5.32 Å². The quantitative estimate of drug-likeness (QED) is 0.336. The Kier molecular flexibility index (Phi) is 7.02. The van der Waals surface area contributed by atoms with E-state index in [-0.39, 0.29) is 12.0 Å². The summed E-state index contributed by atoms with van der Waals surface area (Å²) in [6.07, 6.45) is 1.30. The molecule has 2 aromatic heterocycles. The van der Waals surface area contributed by atoms with Gasteiger partial charge in [-0.2, -0.15) is 0 Å². The number of fused-ring (bicyclic) bond motifs is 1. The number of esters is 1. The Morgan fingerprint density at radius 3 is 2.50 bits per heavy atom. The molecule has 1 amide bonds. The molecular weight excluding hydrogens is 497 g/mol. The van der Waals surface area contributed by atoms with Crippen molar-refractivity contribution in [3.05, 3.63) is 91.3 Å². The minimum absolute atomic E-state index is 0.121. The molecular formula is C24H19Cl2N3O4S. The molecule has 1 N–H and O–H groups in total. The van der Waals surface area contributed by atoms with Crippen molar-refractivity contribution >= 4 is 62.3 Å². The van der Waals surface area contributed by atoms with Crippen molar-refractivity contribution in [1.82, 2.24) is 9.55 Å². The molecule has 2 aromatic carbocycles. The first kappa shape index (κ1) is 23.9. The van der Waals surface area contributed by atoms with E-state index in [0.717, 1.165) is 16.9 Å². The van der Waals surface area contributed by atoms with E-state index in [2.05, 4.69) is 10.3 Å². The number of carbonyl (C=O) groups is 2. The van der Waals surface area contributed by atoms with Gasteiger partial charge in [-0.1, -0.05) is 53.5 Å². The van der Waals surface area contributed by atoms with Crippen LogP contribution in [-0.4, -0.2) is 21.4 Å². The number of ether oxygens (including phenoxy) is 1. The molecule has 34 heavy (non-hydrogen) atoms. The maximum absolute atomic E-state index is 13.2. The topological polar surface area (TPSA) is 90.3 Å². The van der Waals surface area contributed by atoms with E-state index < -0.39 is 23.5 Å². The van der Waals surface area contributed by atoms with Crippen LogP contribution >= 0.6 is 34.5 Å². The first-order valence-corrected chi connectivity index (χ1v) is 11.8. The van der Waals surface area contributed by atoms with Crippen molar-refractivity contribution in [3.63, 3.8) is 0 Å². The number of hydrogen-bond acceptors (Lipinski definition) is 6. The van der Waals surface area contributed by atoms with Crippen LogP contribution in [0.5, 0.6) is 0 Å². The van der Waals surface area contributed by atoms with Gasteiger partial charge in [-0.25, -0.2) is 9.78 Å². The Morgan fingerprint density at radius 1 is 1.15 bits per heavy atom. The molecule has 0 aliphatic rings. The molecule has 7 nitrogen and oxygen atoms in total. The highest BCUT2D eigenvalue weighted by atomic mass is 35.5. The van der Waals surface area contributed by atoms with Crippen LogP contribution in [0.15, 0.2) is 59.7 Å². The molecule has 0 bridgehead atoms. The molecule has 0 aliphatic carbocycles. The van der Waals surface area contributed by atoms with Gasteiger partial charge in [0.15, 0.2) is 0 Å². The summed E-state index contributed by atoms with van der Waals surface area (Å²) in [4.78, 5) is 43.7. The van der Waals surface area contributed by atoms with Gasteiger partial charge in [0, 0.05) is 15.7 Å². The van der Waals surface area contributed by atoms with Crippen molar-refractivity contribution in [3.8, 4) is 0 Å². The van der Waals surface area contributed by atoms with Gasteiger partial charge in [0.1, 0.15) is 22.4 Å². The summed E-state index contributed by atoms with van der Waals surface area (Å²) in [6.45, 7) is 3.37. The number of halogens is 2. The maximum atomic E-state index is 13.2. The number of benzene rings is 2. The molecule has 174 valence electrons. The lowest BCUT2D eigenvalue weighted by molar-refractivity contribution is -0.118. The first-order chi connectivity index (χ1) is 16.2. The Morgan fingerprint density at radius 2 is 1.82 bits per heavy atom. The van der Waals surface area contributed by atoms with Crippen molar-refractivity contribution in [1.29, 1.82) is 0 Å². The second kappa shape index (κ2) is 9.97. The number of aromatic nitrogens is 2. The number of nitrogens with zero attached hydrogens (tertiary/aromatic N) is 2. The Hall–Kier alpha value is -3.20. The van der Waals surface area contributed by atoms with E-state index in [1.165, 1.54) is 10.9 Å². The summed E-state index contributed by atoms with van der Waals surface area (Å²) < 4.78 is 6.64. The van der Waals surface area contributed by atoms with E-state index in [1.54, 1.807) is 32.0 Å². The zero-order chi connectivity index (χ0) is 24.4. The smallest absolute Gasteiger partial charge is 0.349 e. The lowest BCUT2D eigenvalue weighted by atomic mass is 10.2. The van der Waals surface area contributed by atoms with E-state index >= 15 is 0 Å². The van der Waals surface area contributed by atoms with E-state index in [1.807, 2.05) is 30.3 Å². The van der Waals surface area contributed by atoms with Gasteiger partial charge in [0.05, 0.1) is 11.7 Å². The Bertz CT molecular complexity index is 1430. The normalized spacial score (nSPS) is 11.9. The standard InChI is InChI=1S/C24H19Cl2N3O4S/c1-13-19-22(34-20(13)24(32)33-11-15-6-4-3-5-7-15)27-12-29(23(19)31)14(2)21(30)28-18-9-16(25)8-17(26)10-18/h3-10,12,14H,11H2,1-2H3,(H,28,30). The van der Waals surface area contributed by atoms with E-state index in [4.69, 9.17) is 27.9 Å². The second-order valence-corrected chi connectivity index (χ2v) is 9.45. The van der Waals surface area contributed by atoms with Crippen LogP contribution in [0.1, 0.15) is 33.8 Å². The molecule has 10 heteroatoms. The van der Waals surface area contributed by atoms with Crippen molar-refractivity contribution in [2.45, 2.75) is 26.5 Å². The first-order valence-electron chi connectivity index (χ1n) is 10.2. The zero-order valence-corrected chi connectivity index (χ0v) is 20.5. The van der Waals surface area contributed by atoms with Crippen LogP contribution in [-0.2, 0) is 16.1 Å². The van der Waals surface area contributed by atoms with Crippen molar-refractivity contribution in [2.24, 2.45) is 0 Å². The van der Waals surface area contributed by atoms with Crippen LogP contribution in [0.25, 0.3) is 10.2 Å².